The summed E-state index contributed by atoms with van der Waals surface area (Å²) in [6, 6.07) is 2.10. The van der Waals surface area contributed by atoms with Gasteiger partial charge in [0.2, 0.25) is 6.43 Å². The van der Waals surface area contributed by atoms with Crippen LogP contribution in [0.15, 0.2) is 18.2 Å². The SMILES string of the molecule is O=C(O)CC(c1ccc(F)cc1F)C(F)F. The second-order valence-electron chi connectivity index (χ2n) is 3.20. The second kappa shape index (κ2) is 4.96. The number of aliphatic carboxylic acids is 1. The molecule has 0 aliphatic rings. The van der Waals surface area contributed by atoms with E-state index in [1.165, 1.54) is 0 Å². The van der Waals surface area contributed by atoms with Crippen LogP contribution in [0.4, 0.5) is 17.6 Å². The quantitative estimate of drug-likeness (QED) is 0.816. The third-order valence-electron chi connectivity index (χ3n) is 2.06. The van der Waals surface area contributed by atoms with Gasteiger partial charge >= 0.3 is 5.97 Å². The van der Waals surface area contributed by atoms with Gasteiger partial charge in [0.25, 0.3) is 0 Å². The van der Waals surface area contributed by atoms with Crippen molar-refractivity contribution in [3.8, 4) is 0 Å². The first kappa shape index (κ1) is 12.5. The molecule has 0 fully saturated rings. The van der Waals surface area contributed by atoms with Crippen LogP contribution in [0.1, 0.15) is 17.9 Å². The molecule has 1 atom stereocenters. The van der Waals surface area contributed by atoms with E-state index in [4.69, 9.17) is 5.11 Å². The van der Waals surface area contributed by atoms with Gasteiger partial charge in [-0.25, -0.2) is 17.6 Å². The van der Waals surface area contributed by atoms with Crippen LogP contribution in [-0.2, 0) is 4.79 Å². The van der Waals surface area contributed by atoms with E-state index in [0.29, 0.717) is 6.07 Å². The van der Waals surface area contributed by atoms with Crippen molar-refractivity contribution >= 4 is 5.97 Å². The van der Waals surface area contributed by atoms with Crippen LogP contribution in [0.5, 0.6) is 0 Å². The zero-order valence-electron chi connectivity index (χ0n) is 7.96. The van der Waals surface area contributed by atoms with Gasteiger partial charge in [-0.15, -0.1) is 0 Å². The number of benzene rings is 1. The van der Waals surface area contributed by atoms with Gasteiger partial charge in [0, 0.05) is 6.07 Å². The minimum Gasteiger partial charge on any atom is -0.481 e. The third-order valence-corrected chi connectivity index (χ3v) is 2.06. The summed E-state index contributed by atoms with van der Waals surface area (Å²) in [7, 11) is 0. The van der Waals surface area contributed by atoms with Gasteiger partial charge in [-0.1, -0.05) is 6.07 Å². The molecule has 6 heteroatoms. The maximum atomic E-state index is 13.1. The lowest BCUT2D eigenvalue weighted by Crippen LogP contribution is -2.15. The molecule has 16 heavy (non-hydrogen) atoms. The lowest BCUT2D eigenvalue weighted by atomic mass is 9.95. The van der Waals surface area contributed by atoms with Crippen molar-refractivity contribution in [2.24, 2.45) is 0 Å². The highest BCUT2D eigenvalue weighted by Gasteiger charge is 2.27. The van der Waals surface area contributed by atoms with E-state index < -0.39 is 41.9 Å². The van der Waals surface area contributed by atoms with Crippen molar-refractivity contribution in [3.63, 3.8) is 0 Å². The standard InChI is InChI=1S/C10H8F4O2/c11-5-1-2-6(8(12)3-5)7(10(13)14)4-9(15)16/h1-3,7,10H,4H2,(H,15,16). The van der Waals surface area contributed by atoms with Crippen molar-refractivity contribution in [3.05, 3.63) is 35.4 Å². The molecule has 0 aliphatic carbocycles. The molecule has 0 aromatic heterocycles. The van der Waals surface area contributed by atoms with Crippen LogP contribution in [0.3, 0.4) is 0 Å². The van der Waals surface area contributed by atoms with Gasteiger partial charge in [-0.3, -0.25) is 4.79 Å². The molecule has 0 saturated heterocycles. The molecule has 88 valence electrons. The van der Waals surface area contributed by atoms with Gasteiger partial charge < -0.3 is 5.11 Å². The number of carboxylic acids is 1. The molecule has 2 nitrogen and oxygen atoms in total. The van der Waals surface area contributed by atoms with E-state index in [1.54, 1.807) is 0 Å². The fraction of sp³-hybridized carbons (Fsp3) is 0.300. The molecule has 0 bridgehead atoms. The smallest absolute Gasteiger partial charge is 0.304 e. The van der Waals surface area contributed by atoms with Gasteiger partial charge in [0.05, 0.1) is 12.3 Å². The monoisotopic (exact) mass is 236 g/mol. The first-order chi connectivity index (χ1) is 7.41. The molecule has 1 rings (SSSR count). The molecule has 1 unspecified atom stereocenters. The summed E-state index contributed by atoms with van der Waals surface area (Å²) in [5, 5.41) is 8.41. The molecule has 0 heterocycles. The average Bonchev–Trinajstić information content (AvgIpc) is 2.14. The molecule has 1 aromatic carbocycles. The van der Waals surface area contributed by atoms with E-state index >= 15 is 0 Å². The zero-order valence-corrected chi connectivity index (χ0v) is 7.96. The van der Waals surface area contributed by atoms with Crippen molar-refractivity contribution in [2.45, 2.75) is 18.8 Å². The van der Waals surface area contributed by atoms with Crippen LogP contribution in [-0.4, -0.2) is 17.5 Å². The van der Waals surface area contributed by atoms with Crippen molar-refractivity contribution < 1.29 is 27.5 Å². The van der Waals surface area contributed by atoms with Gasteiger partial charge in [0.15, 0.2) is 0 Å². The summed E-state index contributed by atoms with van der Waals surface area (Å²) in [6.45, 7) is 0. The van der Waals surface area contributed by atoms with Crippen molar-refractivity contribution in [1.82, 2.24) is 0 Å². The van der Waals surface area contributed by atoms with E-state index in [2.05, 4.69) is 0 Å². The fourth-order valence-electron chi connectivity index (χ4n) is 1.33. The van der Waals surface area contributed by atoms with Crippen molar-refractivity contribution in [2.75, 3.05) is 0 Å². The van der Waals surface area contributed by atoms with Crippen LogP contribution in [0.2, 0.25) is 0 Å². The Bertz CT molecular complexity index is 392. The Hall–Kier alpha value is -1.59. The number of hydrogen-bond donors (Lipinski definition) is 1. The summed E-state index contributed by atoms with van der Waals surface area (Å²) in [4.78, 5) is 10.3. The Morgan fingerprint density at radius 3 is 2.38 bits per heavy atom. The normalized spacial score (nSPS) is 12.8. The fourth-order valence-corrected chi connectivity index (χ4v) is 1.33. The summed E-state index contributed by atoms with van der Waals surface area (Å²) in [6.07, 6.45) is -3.92. The number of halogens is 4. The van der Waals surface area contributed by atoms with E-state index in [1.807, 2.05) is 0 Å². The molecule has 1 aromatic rings. The predicted molar refractivity (Wildman–Crippen MR) is 47.4 cm³/mol. The maximum Gasteiger partial charge on any atom is 0.304 e. The van der Waals surface area contributed by atoms with Crippen LogP contribution in [0, 0.1) is 11.6 Å². The Morgan fingerprint density at radius 2 is 1.94 bits per heavy atom. The summed E-state index contributed by atoms with van der Waals surface area (Å²) in [5.74, 6) is -5.29. The average molecular weight is 236 g/mol. The molecular formula is C10H8F4O2. The Kier molecular flexibility index (Phi) is 3.87. The number of rotatable bonds is 4. The van der Waals surface area contributed by atoms with Crippen molar-refractivity contribution in [1.29, 1.82) is 0 Å². The maximum absolute atomic E-state index is 13.1. The summed E-state index contributed by atoms with van der Waals surface area (Å²) < 4.78 is 50.7. The lowest BCUT2D eigenvalue weighted by Gasteiger charge is -2.14. The highest BCUT2D eigenvalue weighted by molar-refractivity contribution is 5.68. The minimum atomic E-state index is -3.02. The minimum absolute atomic E-state index is 0.451. The third kappa shape index (κ3) is 2.95. The number of carbonyl (C=O) groups is 1. The summed E-state index contributed by atoms with van der Waals surface area (Å²) in [5.41, 5.74) is -0.487. The van der Waals surface area contributed by atoms with E-state index in [-0.39, 0.29) is 0 Å². The van der Waals surface area contributed by atoms with Crippen LogP contribution >= 0.6 is 0 Å². The number of alkyl halides is 2. The topological polar surface area (TPSA) is 37.3 Å². The molecular weight excluding hydrogens is 228 g/mol. The van der Waals surface area contributed by atoms with Crippen LogP contribution in [0.25, 0.3) is 0 Å². The van der Waals surface area contributed by atoms with E-state index in [0.717, 1.165) is 12.1 Å². The Morgan fingerprint density at radius 1 is 1.31 bits per heavy atom. The zero-order chi connectivity index (χ0) is 12.3. The number of carboxylic acid groups (broad SMARTS) is 1. The lowest BCUT2D eigenvalue weighted by molar-refractivity contribution is -0.138. The Balaban J connectivity index is 3.05. The van der Waals surface area contributed by atoms with Gasteiger partial charge in [0.1, 0.15) is 11.6 Å². The van der Waals surface area contributed by atoms with Gasteiger partial charge in [-0.2, -0.15) is 0 Å². The highest BCUT2D eigenvalue weighted by atomic mass is 19.3. The van der Waals surface area contributed by atoms with Gasteiger partial charge in [-0.05, 0) is 11.6 Å². The molecule has 0 spiro atoms. The first-order valence-electron chi connectivity index (χ1n) is 4.36. The molecule has 1 N–H and O–H groups in total. The second-order valence-corrected chi connectivity index (χ2v) is 3.20. The molecule has 0 radical (unpaired) electrons. The first-order valence-corrected chi connectivity index (χ1v) is 4.36. The molecule has 0 amide bonds. The molecule has 0 saturated carbocycles. The summed E-state index contributed by atoms with van der Waals surface area (Å²) >= 11 is 0. The number of hydrogen-bond acceptors (Lipinski definition) is 1. The van der Waals surface area contributed by atoms with E-state index in [9.17, 15) is 22.4 Å². The Labute approximate surface area is 88.5 Å². The molecule has 0 aliphatic heterocycles. The largest absolute Gasteiger partial charge is 0.481 e. The highest BCUT2D eigenvalue weighted by Crippen LogP contribution is 2.29. The predicted octanol–water partition coefficient (Wildman–Crippen LogP) is 2.79. The van der Waals surface area contributed by atoms with Crippen LogP contribution < -0.4 is 0 Å².